The second-order valence-corrected chi connectivity index (χ2v) is 5.61. The van der Waals surface area contributed by atoms with E-state index >= 15 is 0 Å². The molecule has 0 aliphatic carbocycles. The molecule has 0 amide bonds. The first-order valence-corrected chi connectivity index (χ1v) is 7.24. The largest absolute Gasteiger partial charge is 0.263 e. The summed E-state index contributed by atoms with van der Waals surface area (Å²) in [5.41, 5.74) is 0.791. The smallest absolute Gasteiger partial charge is 0.263 e. The maximum atomic E-state index is 12.8. The molecule has 0 bridgehead atoms. The molecule has 0 saturated heterocycles. The zero-order valence-corrected chi connectivity index (χ0v) is 11.1. The van der Waals surface area contributed by atoms with Crippen LogP contribution in [0.4, 0.5) is 10.2 Å². The molecule has 19 heavy (non-hydrogen) atoms. The third-order valence-electron chi connectivity index (χ3n) is 2.53. The van der Waals surface area contributed by atoms with E-state index in [-0.39, 0.29) is 10.7 Å². The lowest BCUT2D eigenvalue weighted by Gasteiger charge is -2.08. The molecule has 6 heteroatoms. The summed E-state index contributed by atoms with van der Waals surface area (Å²) in [6.07, 6.45) is 0.714. The second kappa shape index (κ2) is 5.36. The van der Waals surface area contributed by atoms with Crippen LogP contribution in [0, 0.1) is 5.82 Å². The Morgan fingerprint density at radius 3 is 2.47 bits per heavy atom. The Morgan fingerprint density at radius 2 is 1.84 bits per heavy atom. The van der Waals surface area contributed by atoms with E-state index in [1.165, 1.54) is 12.1 Å². The number of pyridine rings is 1. The lowest BCUT2D eigenvalue weighted by Crippen LogP contribution is -2.14. The van der Waals surface area contributed by atoms with Crippen molar-refractivity contribution >= 4 is 15.8 Å². The monoisotopic (exact) mass is 280 g/mol. The van der Waals surface area contributed by atoms with Crippen molar-refractivity contribution in [3.05, 3.63) is 54.0 Å². The Hall–Kier alpha value is -1.95. The highest BCUT2D eigenvalue weighted by molar-refractivity contribution is 7.92. The zero-order chi connectivity index (χ0) is 13.9. The minimum absolute atomic E-state index is 0.00222. The number of benzene rings is 1. The molecule has 1 aromatic heterocycles. The number of anilines is 1. The molecule has 0 saturated carbocycles. The maximum Gasteiger partial charge on any atom is 0.263 e. The molecule has 2 rings (SSSR count). The third kappa shape index (κ3) is 3.29. The lowest BCUT2D eigenvalue weighted by atomic mass is 10.3. The zero-order valence-electron chi connectivity index (χ0n) is 10.3. The minimum Gasteiger partial charge on any atom is -0.263 e. The van der Waals surface area contributed by atoms with E-state index < -0.39 is 15.8 Å². The number of nitrogens with zero attached hydrogens (tertiary/aromatic N) is 1. The van der Waals surface area contributed by atoms with Crippen LogP contribution in [-0.4, -0.2) is 13.4 Å². The van der Waals surface area contributed by atoms with Gasteiger partial charge >= 0.3 is 0 Å². The lowest BCUT2D eigenvalue weighted by molar-refractivity contribution is 0.599. The van der Waals surface area contributed by atoms with Gasteiger partial charge < -0.3 is 0 Å². The highest BCUT2D eigenvalue weighted by Crippen LogP contribution is 2.15. The Balaban J connectivity index is 2.28. The van der Waals surface area contributed by atoms with Crippen LogP contribution in [-0.2, 0) is 16.4 Å². The van der Waals surface area contributed by atoms with Crippen LogP contribution in [0.1, 0.15) is 12.6 Å². The molecule has 1 N–H and O–H groups in total. The summed E-state index contributed by atoms with van der Waals surface area (Å²) in [7, 11) is -3.73. The van der Waals surface area contributed by atoms with Gasteiger partial charge in [0.15, 0.2) is 0 Å². The van der Waals surface area contributed by atoms with Crippen LogP contribution in [0.15, 0.2) is 47.4 Å². The summed E-state index contributed by atoms with van der Waals surface area (Å²) in [5, 5.41) is 0. The summed E-state index contributed by atoms with van der Waals surface area (Å²) < 4.78 is 39.2. The molecule has 1 aromatic carbocycles. The Morgan fingerprint density at radius 1 is 1.16 bits per heavy atom. The molecule has 0 fully saturated rings. The molecule has 0 spiro atoms. The van der Waals surface area contributed by atoms with Gasteiger partial charge in [-0.1, -0.05) is 13.0 Å². The first-order chi connectivity index (χ1) is 9.01. The fraction of sp³-hybridized carbons (Fsp3) is 0.154. The molecule has 0 aliphatic rings. The van der Waals surface area contributed by atoms with Gasteiger partial charge in [-0.2, -0.15) is 0 Å². The number of rotatable bonds is 4. The molecule has 0 aliphatic heterocycles. The van der Waals surface area contributed by atoms with Crippen LogP contribution < -0.4 is 4.72 Å². The molecule has 0 radical (unpaired) electrons. The van der Waals surface area contributed by atoms with E-state index in [2.05, 4.69) is 9.71 Å². The van der Waals surface area contributed by atoms with Crippen molar-refractivity contribution in [2.75, 3.05) is 4.72 Å². The number of halogens is 1. The van der Waals surface area contributed by atoms with Crippen molar-refractivity contribution < 1.29 is 12.8 Å². The second-order valence-electron chi connectivity index (χ2n) is 3.93. The fourth-order valence-corrected chi connectivity index (χ4v) is 2.54. The van der Waals surface area contributed by atoms with Gasteiger partial charge in [0.05, 0.1) is 4.90 Å². The van der Waals surface area contributed by atoms with Gasteiger partial charge in [-0.3, -0.25) is 4.72 Å². The number of hydrogen-bond donors (Lipinski definition) is 1. The van der Waals surface area contributed by atoms with Gasteiger partial charge in [0.25, 0.3) is 10.0 Å². The summed E-state index contributed by atoms with van der Waals surface area (Å²) in [6.45, 7) is 1.93. The average molecular weight is 280 g/mol. The summed E-state index contributed by atoms with van der Waals surface area (Å²) in [5.74, 6) is -0.228. The van der Waals surface area contributed by atoms with E-state index in [0.717, 1.165) is 17.8 Å². The highest BCUT2D eigenvalue weighted by Gasteiger charge is 2.14. The number of aryl methyl sites for hydroxylation is 1. The first-order valence-electron chi connectivity index (χ1n) is 5.75. The molecular formula is C13H13FN2O2S. The van der Waals surface area contributed by atoms with Gasteiger partial charge in [-0.05, 0) is 42.8 Å². The number of hydrogen-bond acceptors (Lipinski definition) is 3. The van der Waals surface area contributed by atoms with Gasteiger partial charge in [0.1, 0.15) is 11.6 Å². The molecule has 0 atom stereocenters. The van der Waals surface area contributed by atoms with E-state index in [4.69, 9.17) is 0 Å². The van der Waals surface area contributed by atoms with Crippen LogP contribution in [0.2, 0.25) is 0 Å². The van der Waals surface area contributed by atoms with Crippen molar-refractivity contribution in [3.8, 4) is 0 Å². The number of nitrogens with one attached hydrogen (secondary N) is 1. The minimum atomic E-state index is -3.73. The summed E-state index contributed by atoms with van der Waals surface area (Å²) >= 11 is 0. The van der Waals surface area contributed by atoms with Crippen molar-refractivity contribution in [2.45, 2.75) is 18.2 Å². The number of aromatic nitrogens is 1. The predicted octanol–water partition coefficient (Wildman–Crippen LogP) is 2.58. The topological polar surface area (TPSA) is 59.1 Å². The SMILES string of the molecule is CCc1cccc(NS(=O)(=O)c2ccc(F)cc2)n1. The van der Waals surface area contributed by atoms with Crippen molar-refractivity contribution in [2.24, 2.45) is 0 Å². The van der Waals surface area contributed by atoms with Crippen molar-refractivity contribution in [1.29, 1.82) is 0 Å². The van der Waals surface area contributed by atoms with E-state index in [1.807, 2.05) is 13.0 Å². The summed E-state index contributed by atoms with van der Waals surface area (Å²) in [4.78, 5) is 4.15. The van der Waals surface area contributed by atoms with Crippen LogP contribution >= 0.6 is 0 Å². The molecule has 0 unspecified atom stereocenters. The van der Waals surface area contributed by atoms with Gasteiger partial charge in [0.2, 0.25) is 0 Å². The molecular weight excluding hydrogens is 267 g/mol. The van der Waals surface area contributed by atoms with E-state index in [1.54, 1.807) is 12.1 Å². The molecule has 1 heterocycles. The highest BCUT2D eigenvalue weighted by atomic mass is 32.2. The van der Waals surface area contributed by atoms with Gasteiger partial charge in [-0.15, -0.1) is 0 Å². The number of sulfonamides is 1. The summed E-state index contributed by atoms with van der Waals surface area (Å²) in [6, 6.07) is 9.74. The van der Waals surface area contributed by atoms with Gasteiger partial charge in [-0.25, -0.2) is 17.8 Å². The Bertz CT molecular complexity index is 669. The fourth-order valence-electron chi connectivity index (χ4n) is 1.54. The third-order valence-corrected chi connectivity index (χ3v) is 3.90. The van der Waals surface area contributed by atoms with E-state index in [0.29, 0.717) is 6.42 Å². The normalized spacial score (nSPS) is 11.3. The predicted molar refractivity (Wildman–Crippen MR) is 70.8 cm³/mol. The first kappa shape index (κ1) is 13.5. The van der Waals surface area contributed by atoms with Crippen molar-refractivity contribution in [1.82, 2.24) is 4.98 Å². The van der Waals surface area contributed by atoms with Crippen LogP contribution in [0.5, 0.6) is 0 Å². The standard InChI is InChI=1S/C13H13FN2O2S/c1-2-11-4-3-5-13(15-11)16-19(17,18)12-8-6-10(14)7-9-12/h3-9H,2H2,1H3,(H,15,16). The van der Waals surface area contributed by atoms with Gasteiger partial charge in [0, 0.05) is 5.69 Å². The quantitative estimate of drug-likeness (QED) is 0.936. The van der Waals surface area contributed by atoms with Crippen LogP contribution in [0.3, 0.4) is 0 Å². The molecule has 4 nitrogen and oxygen atoms in total. The molecule has 100 valence electrons. The molecule has 2 aromatic rings. The van der Waals surface area contributed by atoms with Crippen LogP contribution in [0.25, 0.3) is 0 Å². The average Bonchev–Trinajstić information content (AvgIpc) is 2.39. The van der Waals surface area contributed by atoms with E-state index in [9.17, 15) is 12.8 Å². The Kier molecular flexibility index (Phi) is 3.80. The van der Waals surface area contributed by atoms with Crippen molar-refractivity contribution in [3.63, 3.8) is 0 Å². The maximum absolute atomic E-state index is 12.8. The Labute approximate surface area is 111 Å².